The average molecular weight is 302 g/mol. The van der Waals surface area contributed by atoms with Gasteiger partial charge in [0.15, 0.2) is 0 Å². The normalized spacial score (nSPS) is 12.9. The van der Waals surface area contributed by atoms with Crippen LogP contribution in [0.5, 0.6) is 5.75 Å². The van der Waals surface area contributed by atoms with Crippen molar-refractivity contribution >= 4 is 17.7 Å². The standard InChI is InChI=1S/C16H16ClN3O/c17-15-3-4-16-14(10-15)9-13(12-21-16)11-20(7-1-5-18)8-2-6-19/h3-4,9-10H,1-2,7-8,11-12H2. The Morgan fingerprint density at radius 3 is 2.57 bits per heavy atom. The van der Waals surface area contributed by atoms with Gasteiger partial charge in [0.05, 0.1) is 12.1 Å². The SMILES string of the molecule is N#CCCN(CCC#N)CC1=Cc2cc(Cl)ccc2OC1. The third kappa shape index (κ3) is 4.49. The van der Waals surface area contributed by atoms with Gasteiger partial charge in [0.25, 0.3) is 0 Å². The summed E-state index contributed by atoms with van der Waals surface area (Å²) < 4.78 is 5.72. The van der Waals surface area contributed by atoms with Crippen LogP contribution in [0.3, 0.4) is 0 Å². The number of hydrogen-bond donors (Lipinski definition) is 0. The van der Waals surface area contributed by atoms with Gasteiger partial charge in [-0.1, -0.05) is 11.6 Å². The summed E-state index contributed by atoms with van der Waals surface area (Å²) in [4.78, 5) is 2.11. The minimum Gasteiger partial charge on any atom is -0.489 e. The minimum atomic E-state index is 0.460. The van der Waals surface area contributed by atoms with Gasteiger partial charge in [-0.15, -0.1) is 0 Å². The smallest absolute Gasteiger partial charge is 0.127 e. The lowest BCUT2D eigenvalue weighted by Crippen LogP contribution is -2.30. The van der Waals surface area contributed by atoms with Crippen LogP contribution in [0.25, 0.3) is 6.08 Å². The lowest BCUT2D eigenvalue weighted by atomic mass is 10.1. The Morgan fingerprint density at radius 1 is 1.19 bits per heavy atom. The van der Waals surface area contributed by atoms with Crippen molar-refractivity contribution in [3.05, 3.63) is 34.4 Å². The largest absolute Gasteiger partial charge is 0.489 e. The van der Waals surface area contributed by atoms with Gasteiger partial charge in [0, 0.05) is 43.1 Å². The molecular weight excluding hydrogens is 286 g/mol. The van der Waals surface area contributed by atoms with Gasteiger partial charge in [-0.2, -0.15) is 10.5 Å². The maximum absolute atomic E-state index is 8.71. The summed E-state index contributed by atoms with van der Waals surface area (Å²) in [6, 6.07) is 9.84. The number of fused-ring (bicyclic) bond motifs is 1. The average Bonchev–Trinajstić information content (AvgIpc) is 2.49. The summed E-state index contributed by atoms with van der Waals surface area (Å²) >= 11 is 6.00. The zero-order chi connectivity index (χ0) is 15.1. The van der Waals surface area contributed by atoms with E-state index in [9.17, 15) is 0 Å². The Balaban J connectivity index is 2.07. The summed E-state index contributed by atoms with van der Waals surface area (Å²) in [6.45, 7) is 2.56. The van der Waals surface area contributed by atoms with Crippen LogP contribution in [0.2, 0.25) is 5.02 Å². The second-order valence-corrected chi connectivity index (χ2v) is 5.30. The van der Waals surface area contributed by atoms with E-state index < -0.39 is 0 Å². The number of halogens is 1. The van der Waals surface area contributed by atoms with Crippen molar-refractivity contribution in [2.75, 3.05) is 26.2 Å². The molecule has 0 radical (unpaired) electrons. The molecule has 1 aromatic rings. The number of rotatable bonds is 6. The predicted octanol–water partition coefficient (Wildman–Crippen LogP) is 3.25. The molecule has 0 unspecified atom stereocenters. The van der Waals surface area contributed by atoms with Gasteiger partial charge in [-0.3, -0.25) is 4.90 Å². The molecule has 0 saturated carbocycles. The molecule has 21 heavy (non-hydrogen) atoms. The van der Waals surface area contributed by atoms with Gasteiger partial charge >= 0.3 is 0 Å². The van der Waals surface area contributed by atoms with E-state index in [0.29, 0.717) is 44.1 Å². The molecular formula is C16H16ClN3O. The van der Waals surface area contributed by atoms with Crippen molar-refractivity contribution in [2.45, 2.75) is 12.8 Å². The molecule has 0 aromatic heterocycles. The molecule has 2 rings (SSSR count). The predicted molar refractivity (Wildman–Crippen MR) is 81.8 cm³/mol. The molecule has 1 aliphatic heterocycles. The van der Waals surface area contributed by atoms with Crippen LogP contribution in [0.1, 0.15) is 18.4 Å². The van der Waals surface area contributed by atoms with Gasteiger partial charge in [0.2, 0.25) is 0 Å². The highest BCUT2D eigenvalue weighted by Gasteiger charge is 2.14. The molecule has 0 atom stereocenters. The second kappa shape index (κ2) is 7.69. The maximum atomic E-state index is 8.71. The first-order valence-corrected chi connectivity index (χ1v) is 7.19. The Hall–Kier alpha value is -2.01. The van der Waals surface area contributed by atoms with Crippen LogP contribution in [0.4, 0.5) is 0 Å². The summed E-state index contributed by atoms with van der Waals surface area (Å²) in [5.74, 6) is 0.837. The molecule has 0 amide bonds. The Kier molecular flexibility index (Phi) is 5.63. The van der Waals surface area contributed by atoms with Crippen molar-refractivity contribution in [1.82, 2.24) is 4.90 Å². The zero-order valence-electron chi connectivity index (χ0n) is 11.7. The lowest BCUT2D eigenvalue weighted by Gasteiger charge is -2.24. The Morgan fingerprint density at radius 2 is 1.90 bits per heavy atom. The number of ether oxygens (including phenoxy) is 1. The summed E-state index contributed by atoms with van der Waals surface area (Å²) in [7, 11) is 0. The number of hydrogen-bond acceptors (Lipinski definition) is 4. The first-order chi connectivity index (χ1) is 10.2. The topological polar surface area (TPSA) is 60.0 Å². The van der Waals surface area contributed by atoms with E-state index in [1.807, 2.05) is 18.2 Å². The molecule has 4 nitrogen and oxygen atoms in total. The molecule has 5 heteroatoms. The van der Waals surface area contributed by atoms with Gasteiger partial charge < -0.3 is 4.74 Å². The molecule has 108 valence electrons. The van der Waals surface area contributed by atoms with Crippen LogP contribution in [0, 0.1) is 22.7 Å². The minimum absolute atomic E-state index is 0.460. The summed E-state index contributed by atoms with van der Waals surface area (Å²) in [5.41, 5.74) is 2.10. The first kappa shape index (κ1) is 15.4. The van der Waals surface area contributed by atoms with Crippen molar-refractivity contribution in [1.29, 1.82) is 10.5 Å². The molecule has 0 aliphatic carbocycles. The number of benzene rings is 1. The van der Waals surface area contributed by atoms with E-state index >= 15 is 0 Å². The highest BCUT2D eigenvalue weighted by Crippen LogP contribution is 2.29. The molecule has 1 heterocycles. The van der Waals surface area contributed by atoms with Crippen molar-refractivity contribution in [2.24, 2.45) is 0 Å². The summed E-state index contributed by atoms with van der Waals surface area (Å²) in [5, 5.41) is 18.1. The fraction of sp³-hybridized carbons (Fsp3) is 0.375. The first-order valence-electron chi connectivity index (χ1n) is 6.81. The van der Waals surface area contributed by atoms with E-state index in [-0.39, 0.29) is 0 Å². The van der Waals surface area contributed by atoms with Crippen LogP contribution in [0.15, 0.2) is 23.8 Å². The lowest BCUT2D eigenvalue weighted by molar-refractivity contribution is 0.282. The van der Waals surface area contributed by atoms with Crippen LogP contribution >= 0.6 is 11.6 Å². The Labute approximate surface area is 129 Å². The van der Waals surface area contributed by atoms with E-state index in [1.54, 1.807) is 0 Å². The van der Waals surface area contributed by atoms with Crippen LogP contribution in [-0.2, 0) is 0 Å². The molecule has 0 N–H and O–H groups in total. The third-order valence-corrected chi connectivity index (χ3v) is 3.49. The second-order valence-electron chi connectivity index (χ2n) is 4.87. The van der Waals surface area contributed by atoms with Gasteiger partial charge in [-0.25, -0.2) is 0 Å². The van der Waals surface area contributed by atoms with Gasteiger partial charge in [-0.05, 0) is 29.8 Å². The fourth-order valence-corrected chi connectivity index (χ4v) is 2.44. The summed E-state index contributed by atoms with van der Waals surface area (Å²) in [6.07, 6.45) is 3.00. The molecule has 0 saturated heterocycles. The van der Waals surface area contributed by atoms with Crippen LogP contribution in [-0.4, -0.2) is 31.1 Å². The Bertz CT molecular complexity index is 595. The maximum Gasteiger partial charge on any atom is 0.127 e. The zero-order valence-corrected chi connectivity index (χ0v) is 12.4. The van der Waals surface area contributed by atoms with Crippen LogP contribution < -0.4 is 4.74 Å². The number of nitriles is 2. The van der Waals surface area contributed by atoms with Crippen molar-refractivity contribution in [3.8, 4) is 17.9 Å². The molecule has 0 fully saturated rings. The molecule has 0 spiro atoms. The number of nitrogens with zero attached hydrogens (tertiary/aromatic N) is 3. The van der Waals surface area contributed by atoms with E-state index in [4.69, 9.17) is 26.9 Å². The van der Waals surface area contributed by atoms with E-state index in [1.165, 1.54) is 0 Å². The molecule has 1 aromatic carbocycles. The van der Waals surface area contributed by atoms with Crippen molar-refractivity contribution < 1.29 is 4.74 Å². The third-order valence-electron chi connectivity index (χ3n) is 3.25. The van der Waals surface area contributed by atoms with Gasteiger partial charge in [0.1, 0.15) is 12.4 Å². The molecule has 0 bridgehead atoms. The highest BCUT2D eigenvalue weighted by molar-refractivity contribution is 6.30. The fourth-order valence-electron chi connectivity index (χ4n) is 2.26. The highest BCUT2D eigenvalue weighted by atomic mass is 35.5. The van der Waals surface area contributed by atoms with E-state index in [2.05, 4.69) is 23.1 Å². The van der Waals surface area contributed by atoms with Crippen molar-refractivity contribution in [3.63, 3.8) is 0 Å². The quantitative estimate of drug-likeness (QED) is 0.809. The monoisotopic (exact) mass is 301 g/mol. The van der Waals surface area contributed by atoms with E-state index in [0.717, 1.165) is 16.9 Å². The molecule has 1 aliphatic rings.